The third kappa shape index (κ3) is 9.84. The molecule has 134 valence electrons. The smallest absolute Gasteiger partial charge is 0.385 e. The van der Waals surface area contributed by atoms with Crippen LogP contribution in [0.1, 0.15) is 39.0 Å². The van der Waals surface area contributed by atoms with Crippen molar-refractivity contribution in [2.75, 3.05) is 6.54 Å². The fraction of sp³-hybridized carbons (Fsp3) is 0.769. The Hall–Kier alpha value is -1.68. The first-order valence-electron chi connectivity index (χ1n) is 7.15. The van der Waals surface area contributed by atoms with Gasteiger partial charge < -0.3 is 21.5 Å². The molecular formula is C13H22F3N3O4. The lowest BCUT2D eigenvalue weighted by molar-refractivity contribution is -0.202. The van der Waals surface area contributed by atoms with Gasteiger partial charge in [-0.15, -0.1) is 0 Å². The third-order valence-electron chi connectivity index (χ3n) is 2.80. The first kappa shape index (κ1) is 21.3. The Bertz CT molecular complexity index is 414. The highest BCUT2D eigenvalue weighted by Gasteiger charge is 2.43. The van der Waals surface area contributed by atoms with Gasteiger partial charge in [-0.3, -0.25) is 4.79 Å². The average Bonchev–Trinajstić information content (AvgIpc) is 2.41. The Kier molecular flexibility index (Phi) is 9.42. The van der Waals surface area contributed by atoms with Gasteiger partial charge in [0.2, 0.25) is 5.91 Å². The predicted molar refractivity (Wildman–Crippen MR) is 74.9 cm³/mol. The van der Waals surface area contributed by atoms with Crippen LogP contribution in [0.2, 0.25) is 0 Å². The van der Waals surface area contributed by atoms with E-state index in [0.717, 1.165) is 0 Å². The molecule has 0 aliphatic carbocycles. The van der Waals surface area contributed by atoms with Crippen molar-refractivity contribution in [1.82, 2.24) is 5.32 Å². The number of carbonyl (C=O) groups excluding carboxylic acids is 3. The third-order valence-corrected chi connectivity index (χ3v) is 2.80. The zero-order valence-corrected chi connectivity index (χ0v) is 12.8. The second-order valence-corrected chi connectivity index (χ2v) is 5.13. The molecule has 10 heteroatoms. The van der Waals surface area contributed by atoms with Crippen LogP contribution >= 0.6 is 0 Å². The monoisotopic (exact) mass is 341 g/mol. The van der Waals surface area contributed by atoms with Crippen LogP contribution < -0.4 is 16.8 Å². The van der Waals surface area contributed by atoms with E-state index in [1.54, 1.807) is 6.92 Å². The molecule has 0 aromatic rings. The summed E-state index contributed by atoms with van der Waals surface area (Å²) in [6.45, 7) is 1.93. The minimum atomic E-state index is -5.28. The maximum Gasteiger partial charge on any atom is 0.491 e. The van der Waals surface area contributed by atoms with E-state index >= 15 is 0 Å². The van der Waals surface area contributed by atoms with E-state index in [-0.39, 0.29) is 31.8 Å². The van der Waals surface area contributed by atoms with Crippen molar-refractivity contribution in [3.05, 3.63) is 0 Å². The number of carbonyl (C=O) groups is 3. The van der Waals surface area contributed by atoms with Crippen LogP contribution in [-0.2, 0) is 19.1 Å². The largest absolute Gasteiger partial charge is 0.491 e. The Morgan fingerprint density at radius 3 is 2.26 bits per heavy atom. The van der Waals surface area contributed by atoms with Gasteiger partial charge in [0.1, 0.15) is 6.04 Å². The summed E-state index contributed by atoms with van der Waals surface area (Å²) >= 11 is 0. The molecule has 2 atom stereocenters. The Labute approximate surface area is 131 Å². The van der Waals surface area contributed by atoms with Crippen LogP contribution in [0, 0.1) is 0 Å². The Balaban J connectivity index is 4.58. The average molecular weight is 341 g/mol. The number of amides is 1. The lowest BCUT2D eigenvalue weighted by Crippen LogP contribution is -2.44. The first-order valence-corrected chi connectivity index (χ1v) is 7.15. The van der Waals surface area contributed by atoms with Crippen molar-refractivity contribution < 1.29 is 32.3 Å². The number of nitrogens with two attached hydrogens (primary N) is 2. The quantitative estimate of drug-likeness (QED) is 0.411. The molecule has 0 aromatic heterocycles. The Morgan fingerprint density at radius 2 is 1.78 bits per heavy atom. The maximum atomic E-state index is 12.1. The maximum absolute atomic E-state index is 12.1. The summed E-state index contributed by atoms with van der Waals surface area (Å²) < 4.78 is 40.0. The molecule has 0 rings (SSSR count). The minimum Gasteiger partial charge on any atom is -0.385 e. The molecule has 0 spiro atoms. The van der Waals surface area contributed by atoms with Crippen LogP contribution in [0.25, 0.3) is 0 Å². The number of nitrogens with one attached hydrogen (secondary N) is 1. The van der Waals surface area contributed by atoms with E-state index < -0.39 is 30.1 Å². The van der Waals surface area contributed by atoms with E-state index in [0.29, 0.717) is 12.8 Å². The van der Waals surface area contributed by atoms with E-state index in [1.165, 1.54) is 0 Å². The van der Waals surface area contributed by atoms with E-state index in [1.807, 2.05) is 0 Å². The molecule has 0 saturated carbocycles. The summed E-state index contributed by atoms with van der Waals surface area (Å²) in [5.74, 6) is -4.61. The van der Waals surface area contributed by atoms with E-state index in [2.05, 4.69) is 10.1 Å². The minimum absolute atomic E-state index is 0.0283. The SMILES string of the molecule is CC(N)CCCC(=O)N[C@@H](CCCN)C(=O)OC(=O)C(F)(F)F. The number of alkyl halides is 3. The summed E-state index contributed by atoms with van der Waals surface area (Å²) in [5.41, 5.74) is 10.8. The van der Waals surface area contributed by atoms with Crippen molar-refractivity contribution in [3.8, 4) is 0 Å². The fourth-order valence-corrected chi connectivity index (χ4v) is 1.64. The van der Waals surface area contributed by atoms with Crippen molar-refractivity contribution in [2.24, 2.45) is 11.5 Å². The molecule has 23 heavy (non-hydrogen) atoms. The predicted octanol–water partition coefficient (Wildman–Crippen LogP) is 0.360. The highest BCUT2D eigenvalue weighted by Crippen LogP contribution is 2.17. The normalized spacial score (nSPS) is 14.0. The topological polar surface area (TPSA) is 125 Å². The number of hydrogen-bond acceptors (Lipinski definition) is 6. The van der Waals surface area contributed by atoms with E-state index in [4.69, 9.17) is 11.5 Å². The van der Waals surface area contributed by atoms with Gasteiger partial charge in [-0.05, 0) is 39.2 Å². The molecule has 1 amide bonds. The lowest BCUT2D eigenvalue weighted by Gasteiger charge is -2.17. The van der Waals surface area contributed by atoms with E-state index in [9.17, 15) is 27.6 Å². The summed E-state index contributed by atoms with van der Waals surface area (Å²) in [7, 11) is 0. The number of esters is 2. The van der Waals surface area contributed by atoms with Crippen LogP contribution in [0.4, 0.5) is 13.2 Å². The highest BCUT2D eigenvalue weighted by molar-refractivity contribution is 5.92. The molecule has 7 nitrogen and oxygen atoms in total. The molecule has 0 aliphatic heterocycles. The summed E-state index contributed by atoms with van der Waals surface area (Å²) in [6.07, 6.45) is -3.95. The fourth-order valence-electron chi connectivity index (χ4n) is 1.64. The summed E-state index contributed by atoms with van der Waals surface area (Å²) in [5, 5.41) is 2.25. The number of ether oxygens (including phenoxy) is 1. The van der Waals surface area contributed by atoms with Crippen LogP contribution in [0.5, 0.6) is 0 Å². The van der Waals surface area contributed by atoms with Crippen molar-refractivity contribution >= 4 is 17.8 Å². The zero-order valence-electron chi connectivity index (χ0n) is 12.8. The van der Waals surface area contributed by atoms with Crippen LogP contribution in [-0.4, -0.2) is 42.7 Å². The summed E-state index contributed by atoms with van der Waals surface area (Å²) in [4.78, 5) is 34.0. The molecule has 0 aromatic carbocycles. The van der Waals surface area contributed by atoms with Gasteiger partial charge in [-0.25, -0.2) is 9.59 Å². The number of hydrogen-bond donors (Lipinski definition) is 3. The Morgan fingerprint density at radius 1 is 1.17 bits per heavy atom. The van der Waals surface area contributed by atoms with Crippen LogP contribution in [0.3, 0.4) is 0 Å². The first-order chi connectivity index (χ1) is 10.6. The van der Waals surface area contributed by atoms with Crippen molar-refractivity contribution in [1.29, 1.82) is 0 Å². The van der Waals surface area contributed by atoms with Gasteiger partial charge in [0.25, 0.3) is 0 Å². The zero-order chi connectivity index (χ0) is 18.0. The number of rotatable bonds is 9. The van der Waals surface area contributed by atoms with Gasteiger partial charge in [0.15, 0.2) is 0 Å². The van der Waals surface area contributed by atoms with Crippen molar-refractivity contribution in [3.63, 3.8) is 0 Å². The molecule has 1 unspecified atom stereocenters. The van der Waals surface area contributed by atoms with Gasteiger partial charge in [-0.1, -0.05) is 0 Å². The number of halogens is 3. The van der Waals surface area contributed by atoms with Gasteiger partial charge in [-0.2, -0.15) is 13.2 Å². The molecule has 0 bridgehead atoms. The molecule has 0 saturated heterocycles. The lowest BCUT2D eigenvalue weighted by atomic mass is 10.1. The van der Waals surface area contributed by atoms with Gasteiger partial charge in [0.05, 0.1) is 0 Å². The second-order valence-electron chi connectivity index (χ2n) is 5.13. The molecule has 5 N–H and O–H groups in total. The standard InChI is InChI=1S/C13H22F3N3O4/c1-8(18)4-2-6-10(20)19-9(5-3-7-17)11(21)23-12(22)13(14,15)16/h8-9H,2-7,17-18H2,1H3,(H,19,20)/t8?,9-/m0/s1. The van der Waals surface area contributed by atoms with Gasteiger partial charge >= 0.3 is 18.1 Å². The molecule has 0 radical (unpaired) electrons. The van der Waals surface area contributed by atoms with Gasteiger partial charge in [0, 0.05) is 12.5 Å². The van der Waals surface area contributed by atoms with Crippen LogP contribution in [0.15, 0.2) is 0 Å². The summed E-state index contributed by atoms with van der Waals surface area (Å²) in [6, 6.07) is -1.45. The molecular weight excluding hydrogens is 319 g/mol. The second kappa shape index (κ2) is 10.2. The molecule has 0 aliphatic rings. The van der Waals surface area contributed by atoms with Crippen molar-refractivity contribution in [2.45, 2.75) is 57.3 Å². The molecule has 0 fully saturated rings. The highest BCUT2D eigenvalue weighted by atomic mass is 19.4. The molecule has 0 heterocycles.